The van der Waals surface area contributed by atoms with Crippen molar-refractivity contribution in [3.8, 4) is 0 Å². The summed E-state index contributed by atoms with van der Waals surface area (Å²) < 4.78 is 22.9. The maximum absolute atomic E-state index is 12.1. The van der Waals surface area contributed by atoms with E-state index in [4.69, 9.17) is 0 Å². The van der Waals surface area contributed by atoms with Crippen molar-refractivity contribution in [2.24, 2.45) is 5.92 Å². The summed E-state index contributed by atoms with van der Waals surface area (Å²) >= 11 is 0. The van der Waals surface area contributed by atoms with Gasteiger partial charge in [-0.1, -0.05) is 6.07 Å². The first-order valence-electron chi connectivity index (χ1n) is 8.37. The minimum absolute atomic E-state index is 0.0344. The molecule has 0 aromatic heterocycles. The first-order valence-corrected chi connectivity index (χ1v) is 10.2. The van der Waals surface area contributed by atoms with Crippen LogP contribution in [0.1, 0.15) is 32.1 Å². The van der Waals surface area contributed by atoms with Crippen molar-refractivity contribution in [2.75, 3.05) is 34.8 Å². The fraction of sp³-hybridized carbons (Fsp3) is 0.588. The Morgan fingerprint density at radius 3 is 2.74 bits per heavy atom. The highest BCUT2D eigenvalue weighted by atomic mass is 32.2. The molecule has 0 spiro atoms. The highest BCUT2D eigenvalue weighted by Crippen LogP contribution is 2.25. The lowest BCUT2D eigenvalue weighted by molar-refractivity contribution is -0.116. The van der Waals surface area contributed by atoms with Gasteiger partial charge in [0.1, 0.15) is 0 Å². The van der Waals surface area contributed by atoms with Crippen molar-refractivity contribution in [1.29, 1.82) is 0 Å². The zero-order valence-electron chi connectivity index (χ0n) is 13.3. The maximum Gasteiger partial charge on any atom is 0.224 e. The highest BCUT2D eigenvalue weighted by Gasteiger charge is 2.27. The fourth-order valence-corrected chi connectivity index (χ4v) is 5.32. The Labute approximate surface area is 138 Å². The first-order chi connectivity index (χ1) is 11.0. The Morgan fingerprint density at radius 2 is 2.04 bits per heavy atom. The second-order valence-corrected chi connectivity index (χ2v) is 8.83. The number of benzene rings is 1. The highest BCUT2D eigenvalue weighted by molar-refractivity contribution is 7.91. The number of carbonyl (C=O) groups excluding carboxylic acids is 1. The van der Waals surface area contributed by atoms with E-state index in [-0.39, 0.29) is 23.3 Å². The van der Waals surface area contributed by atoms with Crippen LogP contribution in [0, 0.1) is 5.92 Å². The molecule has 2 heterocycles. The van der Waals surface area contributed by atoms with E-state index in [1.165, 1.54) is 12.8 Å². The number of amides is 1. The van der Waals surface area contributed by atoms with E-state index < -0.39 is 9.84 Å². The molecule has 2 fully saturated rings. The third-order valence-corrected chi connectivity index (χ3v) is 6.54. The van der Waals surface area contributed by atoms with Crippen LogP contribution in [0.3, 0.4) is 0 Å². The predicted octanol–water partition coefficient (Wildman–Crippen LogP) is 2.44. The van der Waals surface area contributed by atoms with Crippen LogP contribution in [-0.4, -0.2) is 38.9 Å². The van der Waals surface area contributed by atoms with E-state index >= 15 is 0 Å². The van der Waals surface area contributed by atoms with Crippen molar-refractivity contribution in [3.05, 3.63) is 24.3 Å². The first kappa shape index (κ1) is 16.3. The summed E-state index contributed by atoms with van der Waals surface area (Å²) in [6.07, 6.45) is 4.17. The van der Waals surface area contributed by atoms with Gasteiger partial charge < -0.3 is 10.2 Å². The minimum Gasteiger partial charge on any atom is -0.371 e. The Morgan fingerprint density at radius 1 is 1.26 bits per heavy atom. The molecule has 5 nitrogen and oxygen atoms in total. The molecule has 2 saturated heterocycles. The number of nitrogens with one attached hydrogen (secondary N) is 1. The number of carbonyl (C=O) groups is 1. The molecule has 1 atom stereocenters. The van der Waals surface area contributed by atoms with Gasteiger partial charge in [-0.25, -0.2) is 8.42 Å². The van der Waals surface area contributed by atoms with Crippen LogP contribution in [-0.2, 0) is 14.6 Å². The van der Waals surface area contributed by atoms with Crippen molar-refractivity contribution in [2.45, 2.75) is 32.1 Å². The van der Waals surface area contributed by atoms with Gasteiger partial charge in [-0.15, -0.1) is 0 Å². The van der Waals surface area contributed by atoms with Crippen molar-refractivity contribution < 1.29 is 13.2 Å². The number of hydrogen-bond acceptors (Lipinski definition) is 4. The normalized spacial score (nSPS) is 23.1. The zero-order chi connectivity index (χ0) is 16.3. The molecule has 2 aliphatic heterocycles. The van der Waals surface area contributed by atoms with Gasteiger partial charge in [0.2, 0.25) is 5.91 Å². The molecule has 0 bridgehead atoms. The fourth-order valence-electron chi connectivity index (χ4n) is 3.41. The summed E-state index contributed by atoms with van der Waals surface area (Å²) in [6, 6.07) is 7.96. The number of rotatable bonds is 5. The van der Waals surface area contributed by atoms with E-state index in [9.17, 15) is 13.2 Å². The molecule has 6 heteroatoms. The third kappa shape index (κ3) is 4.47. The topological polar surface area (TPSA) is 66.5 Å². The van der Waals surface area contributed by atoms with Gasteiger partial charge in [0.25, 0.3) is 0 Å². The SMILES string of the molecule is O=C(CCC1CCS(=O)(=O)C1)Nc1cccc(N2CCCC2)c1. The van der Waals surface area contributed by atoms with Crippen LogP contribution >= 0.6 is 0 Å². The van der Waals surface area contributed by atoms with Gasteiger partial charge in [0, 0.05) is 30.9 Å². The molecule has 1 amide bonds. The van der Waals surface area contributed by atoms with E-state index in [1.807, 2.05) is 18.2 Å². The summed E-state index contributed by atoms with van der Waals surface area (Å²) in [7, 11) is -2.85. The molecule has 23 heavy (non-hydrogen) atoms. The van der Waals surface area contributed by atoms with Crippen LogP contribution in [0.5, 0.6) is 0 Å². The standard InChI is InChI=1S/C17H24N2O3S/c20-17(7-6-14-8-11-23(21,22)13-14)18-15-4-3-5-16(12-15)19-9-1-2-10-19/h3-5,12,14H,1-2,6-11,13H2,(H,18,20). The van der Waals surface area contributed by atoms with Crippen LogP contribution < -0.4 is 10.2 Å². The molecule has 1 aromatic carbocycles. The number of anilines is 2. The maximum atomic E-state index is 12.1. The minimum atomic E-state index is -2.85. The second-order valence-electron chi connectivity index (χ2n) is 6.60. The van der Waals surface area contributed by atoms with Crippen LogP contribution in [0.2, 0.25) is 0 Å². The summed E-state index contributed by atoms with van der Waals surface area (Å²) in [4.78, 5) is 14.4. The van der Waals surface area contributed by atoms with Gasteiger partial charge in [0.05, 0.1) is 11.5 Å². The Bertz CT molecular complexity index is 666. The molecule has 2 aliphatic rings. The van der Waals surface area contributed by atoms with E-state index in [2.05, 4.69) is 16.3 Å². The lowest BCUT2D eigenvalue weighted by Gasteiger charge is -2.18. The lowest BCUT2D eigenvalue weighted by Crippen LogP contribution is -2.18. The smallest absolute Gasteiger partial charge is 0.224 e. The summed E-state index contributed by atoms with van der Waals surface area (Å²) in [6.45, 7) is 2.15. The molecule has 1 unspecified atom stereocenters. The van der Waals surface area contributed by atoms with Gasteiger partial charge in [-0.2, -0.15) is 0 Å². The van der Waals surface area contributed by atoms with E-state index in [1.54, 1.807) is 0 Å². The molecular weight excluding hydrogens is 312 g/mol. The molecule has 3 rings (SSSR count). The van der Waals surface area contributed by atoms with Crippen LogP contribution in [0.15, 0.2) is 24.3 Å². The number of sulfone groups is 1. The largest absolute Gasteiger partial charge is 0.371 e. The zero-order valence-corrected chi connectivity index (χ0v) is 14.1. The summed E-state index contributed by atoms with van der Waals surface area (Å²) in [5.74, 6) is 0.622. The van der Waals surface area contributed by atoms with Gasteiger partial charge in [-0.3, -0.25) is 4.79 Å². The van der Waals surface area contributed by atoms with Crippen molar-refractivity contribution in [1.82, 2.24) is 0 Å². The molecule has 126 valence electrons. The van der Waals surface area contributed by atoms with Crippen molar-refractivity contribution >= 4 is 27.1 Å². The van der Waals surface area contributed by atoms with E-state index in [0.29, 0.717) is 19.3 Å². The van der Waals surface area contributed by atoms with Crippen LogP contribution in [0.25, 0.3) is 0 Å². The van der Waals surface area contributed by atoms with Gasteiger partial charge in [0.15, 0.2) is 9.84 Å². The molecule has 1 N–H and O–H groups in total. The average Bonchev–Trinajstić information content (AvgIpc) is 3.15. The molecular formula is C17H24N2O3S. The number of nitrogens with zero attached hydrogens (tertiary/aromatic N) is 1. The quantitative estimate of drug-likeness (QED) is 0.897. The Balaban J connectivity index is 1.50. The van der Waals surface area contributed by atoms with Crippen molar-refractivity contribution in [3.63, 3.8) is 0 Å². The van der Waals surface area contributed by atoms with Gasteiger partial charge in [-0.05, 0) is 49.8 Å². The molecule has 0 radical (unpaired) electrons. The van der Waals surface area contributed by atoms with Gasteiger partial charge >= 0.3 is 0 Å². The summed E-state index contributed by atoms with van der Waals surface area (Å²) in [5, 5.41) is 2.94. The second kappa shape index (κ2) is 6.91. The third-order valence-electron chi connectivity index (χ3n) is 4.71. The van der Waals surface area contributed by atoms with E-state index in [0.717, 1.165) is 24.5 Å². The Kier molecular flexibility index (Phi) is 4.90. The average molecular weight is 336 g/mol. The van der Waals surface area contributed by atoms with Crippen LogP contribution in [0.4, 0.5) is 11.4 Å². The number of hydrogen-bond donors (Lipinski definition) is 1. The predicted molar refractivity (Wildman–Crippen MR) is 92.5 cm³/mol. The lowest BCUT2D eigenvalue weighted by atomic mass is 10.0. The molecule has 0 saturated carbocycles. The Hall–Kier alpha value is -1.56. The molecule has 0 aliphatic carbocycles. The monoisotopic (exact) mass is 336 g/mol. The summed E-state index contributed by atoms with van der Waals surface area (Å²) in [5.41, 5.74) is 1.97. The molecule has 1 aromatic rings.